The number of hydrogen-bond donors (Lipinski definition) is 0. The van der Waals surface area contributed by atoms with Gasteiger partial charge in [0.15, 0.2) is 0 Å². The molecule has 0 aliphatic rings. The summed E-state index contributed by atoms with van der Waals surface area (Å²) in [6.07, 6.45) is 0. The Labute approximate surface area is 301 Å². The third-order valence-electron chi connectivity index (χ3n) is 7.93. The molecule has 4 heteroatoms. The van der Waals surface area contributed by atoms with E-state index < -0.39 is 51.9 Å². The van der Waals surface area contributed by atoms with E-state index in [0.717, 1.165) is 35.5 Å². The summed E-state index contributed by atoms with van der Waals surface area (Å²) in [5.41, 5.74) is 0. The predicted octanol–water partition coefficient (Wildman–Crippen LogP) is 9.49. The van der Waals surface area contributed by atoms with Crippen LogP contribution in [-0.2, 0) is 0 Å². The minimum absolute atomic E-state index is 0.593. The topological polar surface area (TPSA) is 0 Å². The maximum absolute atomic E-state index is 2.54. The van der Waals surface area contributed by atoms with E-state index in [-0.39, 0.29) is 0 Å². The van der Waals surface area contributed by atoms with Gasteiger partial charge < -0.3 is 0 Å². The zero-order valence-corrected chi connectivity index (χ0v) is 37.9. The van der Waals surface area contributed by atoms with Crippen molar-refractivity contribution < 1.29 is 0 Å². The molecule has 46 heavy (non-hydrogen) atoms. The van der Waals surface area contributed by atoms with Crippen LogP contribution in [0.15, 0.2) is 72.8 Å². The van der Waals surface area contributed by atoms with Crippen LogP contribution in [0.1, 0.15) is 83.1 Å². The van der Waals surface area contributed by atoms with Gasteiger partial charge in [-0.3, -0.25) is 0 Å². The Kier molecular flexibility index (Phi) is 17.3. The fourth-order valence-electron chi connectivity index (χ4n) is 6.39. The first kappa shape index (κ1) is 40.2. The predicted molar refractivity (Wildman–Crippen MR) is 219 cm³/mol. The zero-order chi connectivity index (χ0) is 34.0. The van der Waals surface area contributed by atoms with Gasteiger partial charge in [0.1, 0.15) is 0 Å². The molecule has 3 aromatic carbocycles. The fourth-order valence-corrected chi connectivity index (χ4v) is 26.9. The molecule has 254 valence electrons. The number of rotatable bonds is 18. The quantitative estimate of drug-likeness (QED) is 0.0887. The van der Waals surface area contributed by atoms with Crippen LogP contribution < -0.4 is 29.0 Å². The number of hydrogen-bond acceptors (Lipinski definition) is 0. The van der Waals surface area contributed by atoms with E-state index in [1.54, 1.807) is 13.1 Å². The van der Waals surface area contributed by atoms with Crippen molar-refractivity contribution >= 4 is 80.8 Å². The SMILES string of the molecule is CC(C)C[As](CC(C)C)c1ccc(P(c2ccc([As](CC(C)C)CC(C)C)cc2)c2ccc([As](CC(C)C)CC(C)C)cc2)cc1. The van der Waals surface area contributed by atoms with Crippen molar-refractivity contribution in [3.8, 4) is 0 Å². The van der Waals surface area contributed by atoms with Crippen LogP contribution in [0.5, 0.6) is 0 Å². The van der Waals surface area contributed by atoms with Crippen molar-refractivity contribution in [2.75, 3.05) is 0 Å². The molecular weight excluding hydrogens is 760 g/mol. The van der Waals surface area contributed by atoms with E-state index in [9.17, 15) is 0 Å². The monoisotopic (exact) mass is 826 g/mol. The standard InChI is InChI=1S/C42H66As3P/c1-31(2)25-43(26-32(3)4)37-13-19-40(20-14-37)46(41-21-15-38(16-22-41)44(27-33(5)6)28-34(7)8)42-23-17-39(18-24-42)45(29-35(9)10)30-36(11)12/h13-24,31-36H,25-30H2,1-12H3. The molecule has 0 amide bonds. The molecule has 0 saturated carbocycles. The van der Waals surface area contributed by atoms with Gasteiger partial charge in [-0.25, -0.2) is 0 Å². The molecule has 0 atom stereocenters. The first-order valence-electron chi connectivity index (χ1n) is 18.1. The first-order valence-corrected chi connectivity index (χ1v) is 30.2. The molecule has 0 aliphatic heterocycles. The molecule has 0 aromatic heterocycles. The molecule has 0 radical (unpaired) electrons. The summed E-state index contributed by atoms with van der Waals surface area (Å²) in [4.78, 5) is 0. The van der Waals surface area contributed by atoms with E-state index >= 15 is 0 Å². The average molecular weight is 827 g/mol. The molecule has 0 saturated heterocycles. The summed E-state index contributed by atoms with van der Waals surface area (Å²) < 4.78 is 5.02. The average Bonchev–Trinajstić information content (AvgIpc) is 2.96. The fraction of sp³-hybridized carbons (Fsp3) is 0.571. The number of benzene rings is 3. The van der Waals surface area contributed by atoms with Crippen molar-refractivity contribution in [2.24, 2.45) is 35.5 Å². The minimum atomic E-state index is -1.06. The van der Waals surface area contributed by atoms with Gasteiger partial charge in [0.25, 0.3) is 0 Å². The Morgan fingerprint density at radius 2 is 0.500 bits per heavy atom. The Morgan fingerprint density at radius 1 is 0.326 bits per heavy atom. The van der Waals surface area contributed by atoms with Crippen LogP contribution in [-0.4, -0.2) is 44.0 Å². The Morgan fingerprint density at radius 3 is 0.652 bits per heavy atom. The van der Waals surface area contributed by atoms with Crippen LogP contribution >= 0.6 is 7.92 Å². The zero-order valence-electron chi connectivity index (χ0n) is 31.4. The van der Waals surface area contributed by atoms with Crippen molar-refractivity contribution in [1.82, 2.24) is 0 Å². The molecule has 0 bridgehead atoms. The molecular formula is C42H66As3P. The maximum atomic E-state index is 2.54. The molecule has 0 unspecified atom stereocenters. The first-order chi connectivity index (χ1) is 21.7. The third kappa shape index (κ3) is 13.2. The Hall–Kier alpha value is -0.235. The summed E-state index contributed by atoms with van der Waals surface area (Å²) in [7, 11) is -0.593. The summed E-state index contributed by atoms with van der Waals surface area (Å²) in [6.45, 7) is 28.9. The van der Waals surface area contributed by atoms with Crippen LogP contribution in [0.4, 0.5) is 0 Å². The molecule has 3 aromatic rings. The molecule has 0 fully saturated rings. The summed E-state index contributed by atoms with van der Waals surface area (Å²) >= 11 is -3.17. The van der Waals surface area contributed by atoms with Gasteiger partial charge in [-0.2, -0.15) is 0 Å². The van der Waals surface area contributed by atoms with Crippen LogP contribution in [0.2, 0.25) is 31.3 Å². The van der Waals surface area contributed by atoms with Gasteiger partial charge in [0, 0.05) is 0 Å². The van der Waals surface area contributed by atoms with E-state index in [4.69, 9.17) is 0 Å². The normalized spacial score (nSPS) is 12.7. The van der Waals surface area contributed by atoms with Crippen molar-refractivity contribution in [2.45, 2.75) is 114 Å². The molecule has 0 aliphatic carbocycles. The Bertz CT molecular complexity index is 1070. The van der Waals surface area contributed by atoms with Gasteiger partial charge in [-0.1, -0.05) is 0 Å². The second-order valence-corrected chi connectivity index (χ2v) is 32.8. The molecule has 0 heterocycles. The van der Waals surface area contributed by atoms with Crippen molar-refractivity contribution in [1.29, 1.82) is 0 Å². The van der Waals surface area contributed by atoms with Gasteiger partial charge in [-0.05, 0) is 0 Å². The van der Waals surface area contributed by atoms with Crippen LogP contribution in [0, 0.1) is 35.5 Å². The van der Waals surface area contributed by atoms with Gasteiger partial charge >= 0.3 is 303 Å². The van der Waals surface area contributed by atoms with E-state index in [1.807, 2.05) is 0 Å². The molecule has 0 nitrogen and oxygen atoms in total. The van der Waals surface area contributed by atoms with Gasteiger partial charge in [-0.15, -0.1) is 0 Å². The molecule has 0 N–H and O–H groups in total. The van der Waals surface area contributed by atoms with E-state index in [1.165, 1.54) is 47.2 Å². The van der Waals surface area contributed by atoms with Crippen molar-refractivity contribution in [3.05, 3.63) is 72.8 Å². The van der Waals surface area contributed by atoms with Crippen molar-refractivity contribution in [3.63, 3.8) is 0 Å². The third-order valence-corrected chi connectivity index (χ3v) is 31.6. The van der Waals surface area contributed by atoms with Crippen LogP contribution in [0.25, 0.3) is 0 Å². The van der Waals surface area contributed by atoms with Gasteiger partial charge in [0.2, 0.25) is 0 Å². The second kappa shape index (κ2) is 19.8. The van der Waals surface area contributed by atoms with E-state index in [0.29, 0.717) is 0 Å². The summed E-state index contributed by atoms with van der Waals surface area (Å²) in [5.74, 6) is 4.70. The van der Waals surface area contributed by atoms with Gasteiger partial charge in [0.05, 0.1) is 0 Å². The molecule has 0 spiro atoms. The second-order valence-electron chi connectivity index (χ2n) is 16.0. The van der Waals surface area contributed by atoms with Crippen LogP contribution in [0.3, 0.4) is 0 Å². The molecule has 3 rings (SSSR count). The van der Waals surface area contributed by atoms with E-state index in [2.05, 4.69) is 156 Å². The summed E-state index contributed by atoms with van der Waals surface area (Å²) in [5, 5.41) is 13.0. The summed E-state index contributed by atoms with van der Waals surface area (Å²) in [6, 6.07) is 30.4. The Balaban J connectivity index is 2.05.